The van der Waals surface area contributed by atoms with Gasteiger partial charge in [0.05, 0.1) is 17.6 Å². The molecule has 0 bridgehead atoms. The van der Waals surface area contributed by atoms with Gasteiger partial charge in [0.2, 0.25) is 10.0 Å². The number of carbonyl (C=O) groups excluding carboxylic acids is 1. The number of rotatable bonds is 9. The Labute approximate surface area is 199 Å². The van der Waals surface area contributed by atoms with Crippen molar-refractivity contribution in [3.8, 4) is 5.75 Å². The maximum Gasteiger partial charge on any atom is 0.255 e. The number of nitrogens with one attached hydrogen (secondary N) is 1. The van der Waals surface area contributed by atoms with Crippen molar-refractivity contribution in [3.63, 3.8) is 0 Å². The number of halogens is 1. The largest absolute Gasteiger partial charge is 0.496 e. The molecule has 1 amide bonds. The van der Waals surface area contributed by atoms with Crippen molar-refractivity contribution in [2.45, 2.75) is 30.4 Å². The van der Waals surface area contributed by atoms with Crippen LogP contribution in [-0.4, -0.2) is 51.1 Å². The molecule has 2 aromatic rings. The van der Waals surface area contributed by atoms with Gasteiger partial charge in [-0.2, -0.15) is 16.1 Å². The van der Waals surface area contributed by atoms with Crippen LogP contribution in [0.4, 0.5) is 0 Å². The molecule has 1 saturated heterocycles. The highest BCUT2D eigenvalue weighted by Gasteiger charge is 2.29. The second kappa shape index (κ2) is 11.4. The molecule has 6 nitrogen and oxygen atoms in total. The molecule has 1 fully saturated rings. The van der Waals surface area contributed by atoms with E-state index in [9.17, 15) is 13.2 Å². The number of thioether (sulfide) groups is 1. The summed E-state index contributed by atoms with van der Waals surface area (Å²) < 4.78 is 32.9. The van der Waals surface area contributed by atoms with Crippen molar-refractivity contribution >= 4 is 39.3 Å². The number of hydrogen-bond acceptors (Lipinski definition) is 5. The van der Waals surface area contributed by atoms with Crippen LogP contribution in [0.2, 0.25) is 5.02 Å². The molecule has 3 rings (SSSR count). The van der Waals surface area contributed by atoms with E-state index in [1.807, 2.05) is 24.3 Å². The molecule has 1 aliphatic heterocycles. The maximum absolute atomic E-state index is 13.1. The zero-order chi connectivity index (χ0) is 23.1. The van der Waals surface area contributed by atoms with Gasteiger partial charge in [-0.05, 0) is 54.7 Å². The third-order valence-electron chi connectivity index (χ3n) is 5.51. The number of piperidine rings is 1. The summed E-state index contributed by atoms with van der Waals surface area (Å²) in [5.74, 6) is 2.07. The Hall–Kier alpha value is -1.74. The Morgan fingerprint density at radius 2 is 1.88 bits per heavy atom. The predicted molar refractivity (Wildman–Crippen MR) is 130 cm³/mol. The highest BCUT2D eigenvalue weighted by Crippen LogP contribution is 2.27. The molecular weight excluding hydrogens is 468 g/mol. The monoisotopic (exact) mass is 496 g/mol. The normalized spacial score (nSPS) is 15.5. The van der Waals surface area contributed by atoms with Crippen LogP contribution in [0.25, 0.3) is 0 Å². The van der Waals surface area contributed by atoms with Crippen LogP contribution >= 0.6 is 23.4 Å². The van der Waals surface area contributed by atoms with Crippen LogP contribution in [0.15, 0.2) is 47.4 Å². The number of benzene rings is 2. The quantitative estimate of drug-likeness (QED) is 0.520. The highest BCUT2D eigenvalue weighted by atomic mass is 35.5. The number of amides is 1. The van der Waals surface area contributed by atoms with Gasteiger partial charge < -0.3 is 10.1 Å². The van der Waals surface area contributed by atoms with Crippen molar-refractivity contribution in [1.29, 1.82) is 0 Å². The second-order valence-electron chi connectivity index (χ2n) is 7.88. The van der Waals surface area contributed by atoms with Crippen LogP contribution in [-0.2, 0) is 15.8 Å². The molecule has 0 aromatic heterocycles. The van der Waals surface area contributed by atoms with Crippen molar-refractivity contribution in [2.24, 2.45) is 5.92 Å². The summed E-state index contributed by atoms with van der Waals surface area (Å²) >= 11 is 7.59. The lowest BCUT2D eigenvalue weighted by molar-refractivity contribution is 0.0953. The van der Waals surface area contributed by atoms with E-state index in [0.717, 1.165) is 29.9 Å². The van der Waals surface area contributed by atoms with Gasteiger partial charge in [0, 0.05) is 36.2 Å². The number of hydrogen-bond donors (Lipinski definition) is 1. The minimum absolute atomic E-state index is 0.120. The minimum atomic E-state index is -3.65. The van der Waals surface area contributed by atoms with E-state index in [0.29, 0.717) is 36.3 Å². The van der Waals surface area contributed by atoms with Gasteiger partial charge in [0.15, 0.2) is 0 Å². The predicted octanol–water partition coefficient (Wildman–Crippen LogP) is 4.43. The van der Waals surface area contributed by atoms with Gasteiger partial charge in [-0.25, -0.2) is 8.42 Å². The molecule has 0 atom stereocenters. The first-order valence-corrected chi connectivity index (χ1v) is 13.6. The summed E-state index contributed by atoms with van der Waals surface area (Å²) in [5.41, 5.74) is 1.39. The van der Waals surface area contributed by atoms with Gasteiger partial charge in [-0.1, -0.05) is 30.7 Å². The van der Waals surface area contributed by atoms with E-state index < -0.39 is 10.0 Å². The minimum Gasteiger partial charge on any atom is -0.496 e. The average Bonchev–Trinajstić information content (AvgIpc) is 2.79. The fourth-order valence-electron chi connectivity index (χ4n) is 3.50. The summed E-state index contributed by atoms with van der Waals surface area (Å²) in [7, 11) is -2.18. The molecule has 32 heavy (non-hydrogen) atoms. The van der Waals surface area contributed by atoms with Crippen LogP contribution in [0.1, 0.15) is 35.7 Å². The van der Waals surface area contributed by atoms with Crippen LogP contribution in [0.3, 0.4) is 0 Å². The van der Waals surface area contributed by atoms with Gasteiger partial charge in [0.1, 0.15) is 5.75 Å². The third-order valence-corrected chi connectivity index (χ3v) is 8.69. The number of ether oxygens (including phenoxy) is 1. The van der Waals surface area contributed by atoms with Crippen molar-refractivity contribution in [3.05, 3.63) is 58.6 Å². The third kappa shape index (κ3) is 6.41. The van der Waals surface area contributed by atoms with Gasteiger partial charge in [-0.3, -0.25) is 4.79 Å². The van der Waals surface area contributed by atoms with Crippen LogP contribution in [0, 0.1) is 5.92 Å². The smallest absolute Gasteiger partial charge is 0.255 e. The molecule has 0 radical (unpaired) electrons. The molecule has 1 N–H and O–H groups in total. The molecule has 1 aliphatic rings. The summed E-state index contributed by atoms with van der Waals surface area (Å²) in [5, 5.41) is 3.57. The molecule has 0 saturated carbocycles. The molecule has 0 unspecified atom stereocenters. The maximum atomic E-state index is 13.1. The van der Waals surface area contributed by atoms with E-state index in [1.54, 1.807) is 17.8 Å². The van der Waals surface area contributed by atoms with Crippen LogP contribution < -0.4 is 10.1 Å². The number of sulfonamides is 1. The molecule has 0 spiro atoms. The lowest BCUT2D eigenvalue weighted by Crippen LogP contribution is -2.38. The Morgan fingerprint density at radius 3 is 2.53 bits per heavy atom. The molecule has 174 valence electrons. The van der Waals surface area contributed by atoms with Gasteiger partial charge in [-0.15, -0.1) is 0 Å². The lowest BCUT2D eigenvalue weighted by Gasteiger charge is -2.29. The molecule has 1 heterocycles. The summed E-state index contributed by atoms with van der Waals surface area (Å²) in [4.78, 5) is 12.9. The van der Waals surface area contributed by atoms with E-state index in [2.05, 4.69) is 12.2 Å². The Kier molecular flexibility index (Phi) is 8.87. The molecule has 2 aromatic carbocycles. The Bertz CT molecular complexity index is 1020. The molecular formula is C23H29ClN2O4S2. The summed E-state index contributed by atoms with van der Waals surface area (Å²) in [6.45, 7) is 3.60. The molecule has 9 heteroatoms. The summed E-state index contributed by atoms with van der Waals surface area (Å²) in [6.07, 6.45) is 1.69. The van der Waals surface area contributed by atoms with Crippen molar-refractivity contribution in [2.75, 3.05) is 32.5 Å². The lowest BCUT2D eigenvalue weighted by atomic mass is 10.0. The average molecular weight is 497 g/mol. The van der Waals surface area contributed by atoms with Gasteiger partial charge in [0.25, 0.3) is 5.91 Å². The second-order valence-corrected chi connectivity index (χ2v) is 11.4. The van der Waals surface area contributed by atoms with E-state index in [4.69, 9.17) is 16.3 Å². The zero-order valence-electron chi connectivity index (χ0n) is 18.3. The first-order valence-electron chi connectivity index (χ1n) is 10.6. The zero-order valence-corrected chi connectivity index (χ0v) is 20.7. The van der Waals surface area contributed by atoms with E-state index in [-0.39, 0.29) is 16.4 Å². The number of nitrogens with zero attached hydrogens (tertiary/aromatic N) is 1. The number of methoxy groups -OCH3 is 1. The Balaban J connectivity index is 1.60. The molecule has 0 aliphatic carbocycles. The SMILES string of the molecule is COc1ccc(S(=O)(=O)N2CCC(C)CC2)cc1C(=O)NCCSCc1ccc(Cl)cc1. The van der Waals surface area contributed by atoms with Crippen LogP contribution in [0.5, 0.6) is 5.75 Å². The van der Waals surface area contributed by atoms with Crippen molar-refractivity contribution < 1.29 is 17.9 Å². The fourth-order valence-corrected chi connectivity index (χ4v) is 5.94. The topological polar surface area (TPSA) is 75.7 Å². The van der Waals surface area contributed by atoms with Gasteiger partial charge >= 0.3 is 0 Å². The standard InChI is InChI=1S/C23H29ClN2O4S2/c1-17-9-12-26(13-10-17)32(28,29)20-7-8-22(30-2)21(15-20)23(27)25-11-14-31-16-18-3-5-19(24)6-4-18/h3-8,15,17H,9-14,16H2,1-2H3,(H,25,27). The fraction of sp³-hybridized carbons (Fsp3) is 0.435. The summed E-state index contributed by atoms with van der Waals surface area (Å²) in [6, 6.07) is 12.1. The number of carbonyl (C=O) groups is 1. The van der Waals surface area contributed by atoms with E-state index in [1.165, 1.54) is 23.5 Å². The van der Waals surface area contributed by atoms with Crippen molar-refractivity contribution in [1.82, 2.24) is 9.62 Å². The first kappa shape index (κ1) is 24.9. The van der Waals surface area contributed by atoms with E-state index >= 15 is 0 Å². The first-order chi connectivity index (χ1) is 15.3. The highest BCUT2D eigenvalue weighted by molar-refractivity contribution is 7.98. The Morgan fingerprint density at radius 1 is 1.19 bits per heavy atom.